The van der Waals surface area contributed by atoms with Gasteiger partial charge in [0.2, 0.25) is 5.88 Å². The predicted octanol–water partition coefficient (Wildman–Crippen LogP) is 1.98. The van der Waals surface area contributed by atoms with Gasteiger partial charge in [-0.15, -0.1) is 0 Å². The standard InChI is InChI=1S/C25H26N6O7S/c1-15-8-24(38-13-22(34)30-26-11-16-4-6-18(32)20(9-16)36-2)29-25(28-15)39-14-23(35)31-27-12-17-5-7-19(33)21(10-17)37-3/h4-12,32-33H,13-14H2,1-3H3,(H,30,34)(H,31,35)/b26-11+,27-12+. The van der Waals surface area contributed by atoms with Crippen LogP contribution in [0.15, 0.2) is 57.8 Å². The van der Waals surface area contributed by atoms with Gasteiger partial charge in [0.1, 0.15) is 0 Å². The van der Waals surface area contributed by atoms with E-state index in [0.29, 0.717) is 16.8 Å². The molecule has 13 nitrogen and oxygen atoms in total. The number of hydrogen-bond acceptors (Lipinski definition) is 12. The maximum Gasteiger partial charge on any atom is 0.278 e. The summed E-state index contributed by atoms with van der Waals surface area (Å²) in [5, 5.41) is 27.3. The van der Waals surface area contributed by atoms with Crippen LogP contribution in [0.4, 0.5) is 0 Å². The smallest absolute Gasteiger partial charge is 0.278 e. The fraction of sp³-hybridized carbons (Fsp3) is 0.200. The molecule has 0 aliphatic rings. The fourth-order valence-corrected chi connectivity index (χ4v) is 3.58. The van der Waals surface area contributed by atoms with E-state index in [-0.39, 0.29) is 46.4 Å². The molecule has 1 aromatic heterocycles. The van der Waals surface area contributed by atoms with E-state index in [9.17, 15) is 19.8 Å². The number of benzene rings is 2. The third kappa shape index (κ3) is 9.19. The molecular formula is C25H26N6O7S. The van der Waals surface area contributed by atoms with Crippen LogP contribution in [0, 0.1) is 6.92 Å². The third-order valence-electron chi connectivity index (χ3n) is 4.71. The van der Waals surface area contributed by atoms with Crippen LogP contribution < -0.4 is 25.1 Å². The summed E-state index contributed by atoms with van der Waals surface area (Å²) in [7, 11) is 2.86. The van der Waals surface area contributed by atoms with Gasteiger partial charge >= 0.3 is 0 Å². The van der Waals surface area contributed by atoms with Crippen molar-refractivity contribution in [2.45, 2.75) is 12.1 Å². The number of thioether (sulfide) groups is 1. The first-order valence-electron chi connectivity index (χ1n) is 11.3. The molecule has 0 unspecified atom stereocenters. The topological polar surface area (TPSA) is 177 Å². The first-order valence-corrected chi connectivity index (χ1v) is 12.2. The molecule has 0 fully saturated rings. The summed E-state index contributed by atoms with van der Waals surface area (Å²) in [5.41, 5.74) is 6.54. The van der Waals surface area contributed by atoms with Crippen molar-refractivity contribution in [1.82, 2.24) is 20.8 Å². The van der Waals surface area contributed by atoms with Gasteiger partial charge in [-0.05, 0) is 54.4 Å². The van der Waals surface area contributed by atoms with E-state index in [0.717, 1.165) is 11.8 Å². The highest BCUT2D eigenvalue weighted by atomic mass is 32.2. The Kier molecular flexibility index (Phi) is 10.4. The predicted molar refractivity (Wildman–Crippen MR) is 144 cm³/mol. The van der Waals surface area contributed by atoms with Gasteiger partial charge in [0.05, 0.1) is 32.4 Å². The third-order valence-corrected chi connectivity index (χ3v) is 5.55. The summed E-state index contributed by atoms with van der Waals surface area (Å²) in [6, 6.07) is 10.8. The van der Waals surface area contributed by atoms with Crippen LogP contribution in [0.5, 0.6) is 28.9 Å². The molecule has 0 radical (unpaired) electrons. The van der Waals surface area contributed by atoms with Gasteiger partial charge in [-0.1, -0.05) is 11.8 Å². The molecule has 0 aliphatic carbocycles. The number of aryl methyl sites for hydroxylation is 1. The number of carbonyl (C=O) groups excluding carboxylic acids is 2. The Labute approximate surface area is 227 Å². The van der Waals surface area contributed by atoms with Crippen molar-refractivity contribution >= 4 is 36.0 Å². The zero-order valence-corrected chi connectivity index (χ0v) is 22.1. The minimum Gasteiger partial charge on any atom is -0.504 e. The zero-order valence-electron chi connectivity index (χ0n) is 21.2. The number of aromatic nitrogens is 2. The van der Waals surface area contributed by atoms with Crippen molar-refractivity contribution < 1.29 is 34.0 Å². The molecule has 204 valence electrons. The van der Waals surface area contributed by atoms with Gasteiger partial charge in [-0.25, -0.2) is 15.8 Å². The average molecular weight is 555 g/mol. The molecule has 0 bridgehead atoms. The number of nitrogens with one attached hydrogen (secondary N) is 2. The lowest BCUT2D eigenvalue weighted by atomic mass is 10.2. The summed E-state index contributed by atoms with van der Waals surface area (Å²) in [6.07, 6.45) is 2.80. The summed E-state index contributed by atoms with van der Waals surface area (Å²) in [4.78, 5) is 32.7. The number of hydrazone groups is 2. The van der Waals surface area contributed by atoms with E-state index in [1.807, 2.05) is 0 Å². The van der Waals surface area contributed by atoms with E-state index >= 15 is 0 Å². The molecule has 0 spiro atoms. The van der Waals surface area contributed by atoms with Gasteiger partial charge < -0.3 is 24.4 Å². The number of nitrogens with zero attached hydrogens (tertiary/aromatic N) is 4. The van der Waals surface area contributed by atoms with Crippen molar-refractivity contribution in [2.24, 2.45) is 10.2 Å². The molecule has 0 saturated heterocycles. The summed E-state index contributed by atoms with van der Waals surface area (Å²) >= 11 is 1.07. The molecule has 14 heteroatoms. The number of rotatable bonds is 12. The molecular weight excluding hydrogens is 528 g/mol. The number of hydrogen-bond donors (Lipinski definition) is 4. The lowest BCUT2D eigenvalue weighted by Crippen LogP contribution is -2.25. The highest BCUT2D eigenvalue weighted by Crippen LogP contribution is 2.26. The number of ether oxygens (including phenoxy) is 3. The zero-order chi connectivity index (χ0) is 28.2. The molecule has 2 amide bonds. The van der Waals surface area contributed by atoms with E-state index in [2.05, 4.69) is 31.0 Å². The van der Waals surface area contributed by atoms with Crippen LogP contribution in [0.3, 0.4) is 0 Å². The molecule has 0 atom stereocenters. The van der Waals surface area contributed by atoms with Crippen molar-refractivity contribution in [2.75, 3.05) is 26.6 Å². The van der Waals surface area contributed by atoms with Crippen molar-refractivity contribution in [3.8, 4) is 28.9 Å². The van der Waals surface area contributed by atoms with Gasteiger partial charge in [0.25, 0.3) is 11.8 Å². The highest BCUT2D eigenvalue weighted by Gasteiger charge is 2.09. The minimum atomic E-state index is -0.522. The Balaban J connectivity index is 1.45. The molecule has 3 rings (SSSR count). The Bertz CT molecular complexity index is 1280. The van der Waals surface area contributed by atoms with E-state index < -0.39 is 11.8 Å². The Morgan fingerprint density at radius 3 is 2.03 bits per heavy atom. The largest absolute Gasteiger partial charge is 0.504 e. The summed E-state index contributed by atoms with van der Waals surface area (Å²) in [6.45, 7) is 1.37. The normalized spacial score (nSPS) is 10.9. The number of amides is 2. The molecule has 1 heterocycles. The van der Waals surface area contributed by atoms with Crippen LogP contribution in [0.1, 0.15) is 16.8 Å². The van der Waals surface area contributed by atoms with E-state index in [1.165, 1.54) is 38.8 Å². The number of carbonyl (C=O) groups is 2. The number of methoxy groups -OCH3 is 2. The second-order valence-corrected chi connectivity index (χ2v) is 8.60. The Morgan fingerprint density at radius 2 is 1.46 bits per heavy atom. The van der Waals surface area contributed by atoms with Crippen LogP contribution in [0.2, 0.25) is 0 Å². The molecule has 4 N–H and O–H groups in total. The van der Waals surface area contributed by atoms with Gasteiger partial charge in [-0.2, -0.15) is 15.2 Å². The minimum absolute atomic E-state index is 0.00212. The van der Waals surface area contributed by atoms with Crippen molar-refractivity contribution in [3.63, 3.8) is 0 Å². The van der Waals surface area contributed by atoms with Crippen molar-refractivity contribution in [1.29, 1.82) is 0 Å². The molecule has 2 aromatic carbocycles. The second-order valence-electron chi connectivity index (χ2n) is 7.66. The van der Waals surface area contributed by atoms with Gasteiger partial charge in [0, 0.05) is 11.8 Å². The first kappa shape index (κ1) is 28.7. The lowest BCUT2D eigenvalue weighted by molar-refractivity contribution is -0.123. The maximum atomic E-state index is 12.1. The Morgan fingerprint density at radius 1 is 0.897 bits per heavy atom. The SMILES string of the molecule is COc1cc(/C=N/NC(=O)COc2cc(C)nc(SCC(=O)N/N=C/c3ccc(O)c(OC)c3)n2)ccc1O. The van der Waals surface area contributed by atoms with Gasteiger partial charge in [-0.3, -0.25) is 9.59 Å². The van der Waals surface area contributed by atoms with Gasteiger partial charge in [0.15, 0.2) is 34.8 Å². The fourth-order valence-electron chi connectivity index (χ4n) is 2.89. The monoisotopic (exact) mass is 554 g/mol. The van der Waals surface area contributed by atoms with Crippen LogP contribution >= 0.6 is 11.8 Å². The quantitative estimate of drug-likeness (QED) is 0.112. The summed E-state index contributed by atoms with van der Waals surface area (Å²) in [5.74, 6) is -0.214. The second kappa shape index (κ2) is 14.2. The lowest BCUT2D eigenvalue weighted by Gasteiger charge is -2.07. The van der Waals surface area contributed by atoms with Crippen LogP contribution in [-0.2, 0) is 9.59 Å². The summed E-state index contributed by atoms with van der Waals surface area (Å²) < 4.78 is 15.5. The first-order chi connectivity index (χ1) is 18.8. The number of phenols is 2. The van der Waals surface area contributed by atoms with E-state index in [4.69, 9.17) is 14.2 Å². The highest BCUT2D eigenvalue weighted by molar-refractivity contribution is 7.99. The Hall–Kier alpha value is -4.85. The molecule has 3 aromatic rings. The van der Waals surface area contributed by atoms with Crippen molar-refractivity contribution in [3.05, 3.63) is 59.3 Å². The average Bonchev–Trinajstić information content (AvgIpc) is 2.92. The van der Waals surface area contributed by atoms with Crippen LogP contribution in [0.25, 0.3) is 0 Å². The molecule has 0 saturated carbocycles. The van der Waals surface area contributed by atoms with E-state index in [1.54, 1.807) is 37.3 Å². The molecule has 0 aliphatic heterocycles. The number of phenolic OH excluding ortho intramolecular Hbond substituents is 2. The maximum absolute atomic E-state index is 12.1. The van der Waals surface area contributed by atoms with Crippen LogP contribution in [-0.4, -0.2) is 71.0 Å². The molecule has 39 heavy (non-hydrogen) atoms. The number of aromatic hydroxyl groups is 2.